The maximum atomic E-state index is 14.2. The molecule has 1 N–H and O–H groups in total. The third kappa shape index (κ3) is 5.41. The molecule has 1 aliphatic carbocycles. The molecule has 0 saturated heterocycles. The van der Waals surface area contributed by atoms with Gasteiger partial charge in [0.25, 0.3) is 5.91 Å². The lowest BCUT2D eigenvalue weighted by Crippen LogP contribution is -2.37. The maximum Gasteiger partial charge on any atom is 0.256 e. The topological polar surface area (TPSA) is 85.4 Å². The van der Waals surface area contributed by atoms with Crippen molar-refractivity contribution in [2.75, 3.05) is 0 Å². The molecule has 6 nitrogen and oxygen atoms in total. The normalized spacial score (nSPS) is 14.9. The van der Waals surface area contributed by atoms with Crippen molar-refractivity contribution >= 4 is 40.8 Å². The second kappa shape index (κ2) is 12.4. The predicted octanol–water partition coefficient (Wildman–Crippen LogP) is 7.42. The van der Waals surface area contributed by atoms with Crippen molar-refractivity contribution in [3.8, 4) is 17.0 Å². The van der Waals surface area contributed by atoms with E-state index in [0.717, 1.165) is 11.1 Å². The summed E-state index contributed by atoms with van der Waals surface area (Å²) in [6.45, 7) is 2.01. The molecule has 2 atom stereocenters. The van der Waals surface area contributed by atoms with Crippen molar-refractivity contribution in [3.05, 3.63) is 131 Å². The zero-order valence-electron chi connectivity index (χ0n) is 22.9. The van der Waals surface area contributed by atoms with Crippen LogP contribution in [0.15, 0.2) is 109 Å². The van der Waals surface area contributed by atoms with Crippen LogP contribution < -0.4 is 10.1 Å². The Morgan fingerprint density at radius 3 is 2.19 bits per heavy atom. The molecule has 1 aromatic heterocycles. The van der Waals surface area contributed by atoms with E-state index in [-0.39, 0.29) is 53.7 Å². The van der Waals surface area contributed by atoms with Crippen LogP contribution >= 0.6 is 12.4 Å². The number of hydrogen-bond acceptors (Lipinski definition) is 5. The number of pyridine rings is 1. The quantitative estimate of drug-likeness (QED) is 0.218. The smallest absolute Gasteiger partial charge is 0.256 e. The number of ether oxygens (including phenoxy) is 1. The largest absolute Gasteiger partial charge is 0.479 e. The number of nitrogens with zero attached hydrogens (tertiary/aromatic N) is 1. The molecule has 4 aromatic carbocycles. The number of ketones is 2. The van der Waals surface area contributed by atoms with E-state index in [4.69, 9.17) is 9.72 Å². The van der Waals surface area contributed by atoms with Crippen molar-refractivity contribution < 1.29 is 19.1 Å². The van der Waals surface area contributed by atoms with Gasteiger partial charge in [0.05, 0.1) is 23.5 Å². The number of carbonyl (C=O) groups is 3. The number of rotatable bonds is 7. The van der Waals surface area contributed by atoms with Crippen LogP contribution in [-0.4, -0.2) is 28.6 Å². The van der Waals surface area contributed by atoms with Crippen LogP contribution in [0.5, 0.6) is 5.75 Å². The Bertz CT molecular complexity index is 1770. The summed E-state index contributed by atoms with van der Waals surface area (Å²) in [6, 6.07) is 33.1. The van der Waals surface area contributed by atoms with Crippen LogP contribution in [-0.2, 0) is 0 Å². The highest BCUT2D eigenvalue weighted by Crippen LogP contribution is 2.39. The lowest BCUT2D eigenvalue weighted by Gasteiger charge is -2.26. The van der Waals surface area contributed by atoms with Crippen LogP contribution in [0.4, 0.5) is 0 Å². The average Bonchev–Trinajstić information content (AvgIpc) is 3.02. The Morgan fingerprint density at radius 1 is 0.857 bits per heavy atom. The number of benzene rings is 4. The van der Waals surface area contributed by atoms with E-state index < -0.39 is 6.10 Å². The molecule has 6 rings (SSSR count). The molecule has 0 aliphatic heterocycles. The van der Waals surface area contributed by atoms with Crippen LogP contribution in [0, 0.1) is 0 Å². The first kappa shape index (κ1) is 28.7. The van der Waals surface area contributed by atoms with Crippen molar-refractivity contribution in [1.29, 1.82) is 0 Å². The Kier molecular flexibility index (Phi) is 8.46. The number of halogens is 1. The lowest BCUT2D eigenvalue weighted by atomic mass is 9.87. The van der Waals surface area contributed by atoms with E-state index in [1.807, 2.05) is 91.9 Å². The minimum atomic E-state index is -1.09. The molecule has 0 radical (unpaired) electrons. The van der Waals surface area contributed by atoms with Gasteiger partial charge in [0, 0.05) is 22.1 Å². The third-order valence-corrected chi connectivity index (χ3v) is 7.45. The van der Waals surface area contributed by atoms with Gasteiger partial charge >= 0.3 is 0 Å². The summed E-state index contributed by atoms with van der Waals surface area (Å²) in [6.07, 6.45) is -0.544. The zero-order chi connectivity index (χ0) is 28.3. The standard InChI is InChI=1S/C35H28N2O4.ClH/c1-2-27(22-13-5-3-6-14-22)37-35(40)31-26-19-11-12-20-28(26)36-32(23-15-7-4-8-16-23)34(31)41-30-21-29(38)24-17-9-10-18-25(24)33(30)39;/h3-20,27,30H,2,21H2,1H3,(H,37,40);1H/t27?,30-;/m0./s1. The summed E-state index contributed by atoms with van der Waals surface area (Å²) in [4.78, 5) is 45.7. The predicted molar refractivity (Wildman–Crippen MR) is 166 cm³/mol. The van der Waals surface area contributed by atoms with Crippen LogP contribution in [0.25, 0.3) is 22.2 Å². The molecule has 0 bridgehead atoms. The highest BCUT2D eigenvalue weighted by Gasteiger charge is 2.36. The fourth-order valence-electron chi connectivity index (χ4n) is 5.39. The van der Waals surface area contributed by atoms with Gasteiger partial charge < -0.3 is 10.1 Å². The van der Waals surface area contributed by atoms with Gasteiger partial charge in [0.1, 0.15) is 5.69 Å². The van der Waals surface area contributed by atoms with E-state index >= 15 is 0 Å². The molecule has 0 spiro atoms. The van der Waals surface area contributed by atoms with Gasteiger partial charge in [0.2, 0.25) is 5.78 Å². The van der Waals surface area contributed by atoms with Crippen molar-refractivity contribution in [1.82, 2.24) is 10.3 Å². The van der Waals surface area contributed by atoms with Crippen LogP contribution in [0.1, 0.15) is 62.4 Å². The molecule has 210 valence electrons. The molecule has 1 heterocycles. The number of Topliss-reactive ketones (excluding diaryl/α,β-unsaturated/α-hetero) is 2. The summed E-state index contributed by atoms with van der Waals surface area (Å²) in [5.41, 5.74) is 3.76. The highest BCUT2D eigenvalue weighted by molar-refractivity contribution is 6.16. The van der Waals surface area contributed by atoms with Gasteiger partial charge in [-0.2, -0.15) is 0 Å². The minimum absolute atomic E-state index is 0. The molecule has 7 heteroatoms. The summed E-state index contributed by atoms with van der Waals surface area (Å²) in [5, 5.41) is 3.78. The first-order valence-electron chi connectivity index (χ1n) is 13.7. The van der Waals surface area contributed by atoms with Crippen molar-refractivity contribution in [3.63, 3.8) is 0 Å². The molecule has 1 amide bonds. The minimum Gasteiger partial charge on any atom is -0.479 e. The van der Waals surface area contributed by atoms with Gasteiger partial charge in [0.15, 0.2) is 17.6 Å². The summed E-state index contributed by atoms with van der Waals surface area (Å²) < 4.78 is 6.47. The Balaban J connectivity index is 0.00000353. The fraction of sp³-hybridized carbons (Fsp3) is 0.143. The van der Waals surface area contributed by atoms with E-state index in [9.17, 15) is 14.4 Å². The van der Waals surface area contributed by atoms with Gasteiger partial charge in [-0.25, -0.2) is 4.98 Å². The van der Waals surface area contributed by atoms with E-state index in [1.165, 1.54) is 0 Å². The highest BCUT2D eigenvalue weighted by atomic mass is 35.5. The number of nitrogens with one attached hydrogen (secondary N) is 1. The Labute approximate surface area is 250 Å². The lowest BCUT2D eigenvalue weighted by molar-refractivity contribution is 0.0692. The number of fused-ring (bicyclic) bond motifs is 2. The van der Waals surface area contributed by atoms with Gasteiger partial charge in [-0.1, -0.05) is 110 Å². The first-order chi connectivity index (χ1) is 20.0. The second-order valence-corrected chi connectivity index (χ2v) is 10.0. The van der Waals surface area contributed by atoms with E-state index in [2.05, 4.69) is 5.32 Å². The maximum absolute atomic E-state index is 14.2. The summed E-state index contributed by atoms with van der Waals surface area (Å²) in [5.74, 6) is -0.641. The van der Waals surface area contributed by atoms with E-state index in [1.54, 1.807) is 24.3 Å². The molecule has 1 unspecified atom stereocenters. The van der Waals surface area contributed by atoms with Gasteiger partial charge in [-0.3, -0.25) is 14.4 Å². The van der Waals surface area contributed by atoms with Gasteiger partial charge in [-0.05, 0) is 18.1 Å². The molecule has 0 saturated carbocycles. The van der Waals surface area contributed by atoms with Crippen molar-refractivity contribution in [2.45, 2.75) is 31.9 Å². The first-order valence-corrected chi connectivity index (χ1v) is 13.7. The molecule has 42 heavy (non-hydrogen) atoms. The zero-order valence-corrected chi connectivity index (χ0v) is 23.8. The number of hydrogen-bond donors (Lipinski definition) is 1. The summed E-state index contributed by atoms with van der Waals surface area (Å²) >= 11 is 0. The molecular weight excluding hydrogens is 548 g/mol. The van der Waals surface area contributed by atoms with Crippen LogP contribution in [0.2, 0.25) is 0 Å². The summed E-state index contributed by atoms with van der Waals surface area (Å²) in [7, 11) is 0. The monoisotopic (exact) mass is 576 g/mol. The number of aromatic nitrogens is 1. The fourth-order valence-corrected chi connectivity index (χ4v) is 5.39. The number of carbonyl (C=O) groups excluding carboxylic acids is 3. The second-order valence-electron chi connectivity index (χ2n) is 10.0. The Morgan fingerprint density at radius 2 is 1.48 bits per heavy atom. The molecule has 1 aliphatic rings. The average molecular weight is 577 g/mol. The van der Waals surface area contributed by atoms with Gasteiger partial charge in [-0.15, -0.1) is 12.4 Å². The SMILES string of the molecule is CCC(NC(=O)c1c(O[C@H]2CC(=O)c3ccccc3C2=O)c(-c2ccccc2)nc2ccccc12)c1ccccc1.Cl. The number of amides is 1. The van der Waals surface area contributed by atoms with Crippen molar-refractivity contribution in [2.24, 2.45) is 0 Å². The third-order valence-electron chi connectivity index (χ3n) is 7.45. The molecule has 0 fully saturated rings. The molecular formula is C35H29ClN2O4. The number of para-hydroxylation sites is 1. The van der Waals surface area contributed by atoms with Crippen LogP contribution in [0.3, 0.4) is 0 Å². The van der Waals surface area contributed by atoms with E-state index in [0.29, 0.717) is 34.1 Å². The Hall–Kier alpha value is -4.81. The molecule has 5 aromatic rings.